The third-order valence-electron chi connectivity index (χ3n) is 3.79. The highest BCUT2D eigenvalue weighted by atomic mass is 35.5. The lowest BCUT2D eigenvalue weighted by Gasteiger charge is -2.32. The predicted molar refractivity (Wildman–Crippen MR) is 101 cm³/mol. The molecule has 1 aliphatic heterocycles. The van der Waals surface area contributed by atoms with Gasteiger partial charge >= 0.3 is 0 Å². The van der Waals surface area contributed by atoms with Gasteiger partial charge in [0.2, 0.25) is 10.0 Å². The van der Waals surface area contributed by atoms with Crippen LogP contribution in [0.5, 0.6) is 0 Å². The Morgan fingerprint density at radius 1 is 1.50 bits per heavy atom. The first kappa shape index (κ1) is 23.7. The second-order valence-corrected chi connectivity index (χ2v) is 10.5. The lowest BCUT2D eigenvalue weighted by atomic mass is 10.1. The van der Waals surface area contributed by atoms with Crippen molar-refractivity contribution in [1.82, 2.24) is 9.62 Å². The Bertz CT molecular complexity index is 811. The highest BCUT2D eigenvalue weighted by Crippen LogP contribution is 2.39. The minimum absolute atomic E-state index is 0. The van der Waals surface area contributed by atoms with Crippen molar-refractivity contribution in [3.05, 3.63) is 11.6 Å². The zero-order valence-corrected chi connectivity index (χ0v) is 17.9. The molecule has 1 aromatic rings. The molecule has 0 fully saturated rings. The molecule has 2 unspecified atom stereocenters. The summed E-state index contributed by atoms with van der Waals surface area (Å²) in [5.41, 5.74) is 0.443. The quantitative estimate of drug-likeness (QED) is 0.552. The molecule has 0 saturated heterocycles. The van der Waals surface area contributed by atoms with Crippen molar-refractivity contribution in [2.24, 2.45) is 5.14 Å². The fourth-order valence-electron chi connectivity index (χ4n) is 2.49. The number of ether oxygens (including phenoxy) is 2. The lowest BCUT2D eigenvalue weighted by Crippen LogP contribution is -2.44. The molecule has 2 atom stereocenters. The van der Waals surface area contributed by atoms with E-state index >= 15 is 0 Å². The molecule has 2 rings (SSSR count). The van der Waals surface area contributed by atoms with E-state index in [4.69, 9.17) is 14.6 Å². The molecule has 13 heteroatoms. The van der Waals surface area contributed by atoms with E-state index in [2.05, 4.69) is 5.32 Å². The minimum Gasteiger partial charge on any atom is -0.356 e. The maximum absolute atomic E-state index is 12.8. The maximum Gasteiger partial charge on any atom is 0.253 e. The van der Waals surface area contributed by atoms with E-state index < -0.39 is 26.3 Å². The number of nitrogens with one attached hydrogen (secondary N) is 1. The van der Waals surface area contributed by atoms with Gasteiger partial charge in [0.25, 0.3) is 10.0 Å². The van der Waals surface area contributed by atoms with Crippen LogP contribution in [0, 0.1) is 0 Å². The van der Waals surface area contributed by atoms with Gasteiger partial charge in [0.05, 0.1) is 6.61 Å². The van der Waals surface area contributed by atoms with Crippen molar-refractivity contribution in [2.75, 3.05) is 33.4 Å². The highest BCUT2D eigenvalue weighted by molar-refractivity contribution is 7.94. The summed E-state index contributed by atoms with van der Waals surface area (Å²) in [5.74, 6) is 0. The van der Waals surface area contributed by atoms with E-state index in [0.717, 1.165) is 0 Å². The van der Waals surface area contributed by atoms with Crippen LogP contribution in [0.2, 0.25) is 0 Å². The molecule has 1 aromatic heterocycles. The number of rotatable bonds is 8. The van der Waals surface area contributed by atoms with E-state index in [1.807, 2.05) is 6.92 Å². The summed E-state index contributed by atoms with van der Waals surface area (Å²) in [6.45, 7) is 4.70. The van der Waals surface area contributed by atoms with E-state index in [9.17, 15) is 16.8 Å². The molecule has 2 heterocycles. The molecule has 0 amide bonds. The Kier molecular flexibility index (Phi) is 8.45. The van der Waals surface area contributed by atoms with Crippen molar-refractivity contribution in [1.29, 1.82) is 0 Å². The standard InChI is InChI=1S/C13H23N3O6S3.ClH/c1-4-15-11-8-16(5-6-22-9(2)21-3)25(19,20)13-10(11)7-12(23-13)24(14,17)18;/h7,9,11,15H,4-6,8H2,1-3H3,(H2,14,17,18);1H. The first-order valence-corrected chi connectivity index (χ1v) is 11.5. The molecule has 152 valence electrons. The fourth-order valence-corrected chi connectivity index (χ4v) is 6.74. The van der Waals surface area contributed by atoms with Crippen molar-refractivity contribution >= 4 is 43.8 Å². The van der Waals surface area contributed by atoms with Gasteiger partial charge < -0.3 is 14.8 Å². The summed E-state index contributed by atoms with van der Waals surface area (Å²) >= 11 is 0.679. The van der Waals surface area contributed by atoms with Gasteiger partial charge in [-0.3, -0.25) is 0 Å². The Balaban J connectivity index is 0.00000338. The smallest absolute Gasteiger partial charge is 0.253 e. The number of nitrogens with two attached hydrogens (primary N) is 1. The van der Waals surface area contributed by atoms with Crippen LogP contribution in [-0.2, 0) is 29.5 Å². The van der Waals surface area contributed by atoms with Crippen molar-refractivity contribution in [3.8, 4) is 0 Å². The monoisotopic (exact) mass is 449 g/mol. The van der Waals surface area contributed by atoms with Crippen LogP contribution in [-0.4, -0.2) is 60.8 Å². The molecule has 1 aliphatic rings. The van der Waals surface area contributed by atoms with Gasteiger partial charge in [-0.2, -0.15) is 4.31 Å². The number of halogens is 1. The Morgan fingerprint density at radius 3 is 2.69 bits per heavy atom. The van der Waals surface area contributed by atoms with Crippen LogP contribution in [0.1, 0.15) is 25.5 Å². The maximum atomic E-state index is 12.8. The van der Waals surface area contributed by atoms with Gasteiger partial charge in [-0.25, -0.2) is 22.0 Å². The minimum atomic E-state index is -3.97. The van der Waals surface area contributed by atoms with Gasteiger partial charge in [-0.15, -0.1) is 23.7 Å². The average Bonchev–Trinajstić information content (AvgIpc) is 2.98. The fraction of sp³-hybridized carbons (Fsp3) is 0.692. The number of nitrogens with zero attached hydrogens (tertiary/aromatic N) is 1. The number of hydrogen-bond donors (Lipinski definition) is 2. The second-order valence-electron chi connectivity index (χ2n) is 5.50. The lowest BCUT2D eigenvalue weighted by molar-refractivity contribution is -0.111. The largest absolute Gasteiger partial charge is 0.356 e. The van der Waals surface area contributed by atoms with Crippen LogP contribution in [0.4, 0.5) is 0 Å². The molecular weight excluding hydrogens is 426 g/mol. The molecular formula is C13H24ClN3O6S3. The summed E-state index contributed by atoms with van der Waals surface area (Å²) in [5, 5.41) is 8.34. The molecule has 0 aromatic carbocycles. The van der Waals surface area contributed by atoms with Crippen LogP contribution in [0.3, 0.4) is 0 Å². The number of primary sulfonamides is 1. The topological polar surface area (TPSA) is 128 Å². The molecule has 3 N–H and O–H groups in total. The average molecular weight is 450 g/mol. The van der Waals surface area contributed by atoms with Crippen LogP contribution in [0.25, 0.3) is 0 Å². The van der Waals surface area contributed by atoms with E-state index in [-0.39, 0.29) is 46.6 Å². The molecule has 0 saturated carbocycles. The summed E-state index contributed by atoms with van der Waals surface area (Å²) in [6.07, 6.45) is -0.441. The number of fused-ring (bicyclic) bond motifs is 1. The van der Waals surface area contributed by atoms with Crippen molar-refractivity contribution in [3.63, 3.8) is 0 Å². The highest BCUT2D eigenvalue weighted by Gasteiger charge is 2.39. The molecule has 26 heavy (non-hydrogen) atoms. The Hall–Kier alpha value is -0.310. The van der Waals surface area contributed by atoms with Crippen LogP contribution in [0.15, 0.2) is 14.5 Å². The molecule has 0 bridgehead atoms. The SMILES string of the molecule is CCNC1CN(CCOC(C)OC)S(=O)(=O)c2sc(S(N)(=O)=O)cc21.Cl. The Morgan fingerprint density at radius 2 is 2.15 bits per heavy atom. The summed E-state index contributed by atoms with van der Waals surface area (Å²) in [4.78, 5) is 0. The number of hydrogen-bond acceptors (Lipinski definition) is 8. The first-order valence-electron chi connectivity index (χ1n) is 7.65. The van der Waals surface area contributed by atoms with E-state index in [0.29, 0.717) is 23.4 Å². The number of sulfonamides is 2. The third-order valence-corrected chi connectivity index (χ3v) is 8.76. The van der Waals surface area contributed by atoms with Crippen LogP contribution >= 0.6 is 23.7 Å². The van der Waals surface area contributed by atoms with Gasteiger partial charge in [0, 0.05) is 31.8 Å². The van der Waals surface area contributed by atoms with Gasteiger partial charge in [0.15, 0.2) is 6.29 Å². The molecule has 0 spiro atoms. The normalized spacial score (nSPS) is 21.0. The molecule has 0 radical (unpaired) electrons. The van der Waals surface area contributed by atoms with Gasteiger partial charge in [0.1, 0.15) is 8.42 Å². The van der Waals surface area contributed by atoms with Gasteiger partial charge in [-0.05, 0) is 19.5 Å². The summed E-state index contributed by atoms with van der Waals surface area (Å²) in [6, 6.07) is 1.04. The van der Waals surface area contributed by atoms with Crippen LogP contribution < -0.4 is 10.5 Å². The van der Waals surface area contributed by atoms with E-state index in [1.165, 1.54) is 17.5 Å². The van der Waals surface area contributed by atoms with Crippen molar-refractivity contribution < 1.29 is 26.3 Å². The second kappa shape index (κ2) is 9.26. The number of thiophene rings is 1. The zero-order valence-electron chi connectivity index (χ0n) is 14.7. The predicted octanol–water partition coefficient (Wildman–Crippen LogP) is 0.481. The first-order chi connectivity index (χ1) is 11.6. The van der Waals surface area contributed by atoms with E-state index in [1.54, 1.807) is 6.92 Å². The Labute approximate surface area is 164 Å². The molecule has 9 nitrogen and oxygen atoms in total. The summed E-state index contributed by atoms with van der Waals surface area (Å²) < 4.78 is 60.4. The third kappa shape index (κ3) is 5.14. The van der Waals surface area contributed by atoms with Gasteiger partial charge in [-0.1, -0.05) is 6.92 Å². The zero-order chi connectivity index (χ0) is 18.8. The summed E-state index contributed by atoms with van der Waals surface area (Å²) in [7, 11) is -6.28. The van der Waals surface area contributed by atoms with Crippen molar-refractivity contribution in [2.45, 2.75) is 34.6 Å². The molecule has 0 aliphatic carbocycles. The number of likely N-dealkylation sites (N-methyl/N-ethyl adjacent to an activating group) is 1. The number of methoxy groups -OCH3 is 1.